The van der Waals surface area contributed by atoms with E-state index in [1.54, 1.807) is 6.20 Å². The molecule has 0 aliphatic carbocycles. The van der Waals surface area contributed by atoms with Crippen LogP contribution in [0.2, 0.25) is 0 Å². The largest absolute Gasteiger partial charge is 0.356 e. The SMILES string of the molecule is CC[C@@H](C(=O)NCCCC(=O)Nc1cccc2cccnc12)c1ccccc1. The van der Waals surface area contributed by atoms with Gasteiger partial charge in [0.1, 0.15) is 0 Å². The number of carbonyl (C=O) groups excluding carboxylic acids is 2. The van der Waals surface area contributed by atoms with Gasteiger partial charge in [-0.3, -0.25) is 14.6 Å². The minimum absolute atomic E-state index is 0.00682. The highest BCUT2D eigenvalue weighted by Crippen LogP contribution is 2.21. The van der Waals surface area contributed by atoms with Gasteiger partial charge < -0.3 is 10.6 Å². The Morgan fingerprint density at radius 3 is 2.57 bits per heavy atom. The van der Waals surface area contributed by atoms with Crippen LogP contribution in [0, 0.1) is 0 Å². The Bertz CT molecular complexity index is 935. The lowest BCUT2D eigenvalue weighted by Crippen LogP contribution is -2.30. The summed E-state index contributed by atoms with van der Waals surface area (Å²) < 4.78 is 0. The second-order valence-electron chi connectivity index (χ2n) is 6.69. The highest BCUT2D eigenvalue weighted by Gasteiger charge is 2.17. The van der Waals surface area contributed by atoms with E-state index in [9.17, 15) is 9.59 Å². The molecule has 2 aromatic carbocycles. The third-order valence-electron chi connectivity index (χ3n) is 4.71. The highest BCUT2D eigenvalue weighted by atomic mass is 16.2. The number of benzene rings is 2. The number of nitrogens with one attached hydrogen (secondary N) is 2. The maximum atomic E-state index is 12.4. The van der Waals surface area contributed by atoms with Crippen LogP contribution >= 0.6 is 0 Å². The fourth-order valence-electron chi connectivity index (χ4n) is 3.26. The van der Waals surface area contributed by atoms with Gasteiger partial charge in [0.15, 0.2) is 0 Å². The topological polar surface area (TPSA) is 71.1 Å². The van der Waals surface area contributed by atoms with Crippen LogP contribution in [0.4, 0.5) is 5.69 Å². The number of nitrogens with zero attached hydrogens (tertiary/aromatic N) is 1. The molecule has 0 fully saturated rings. The normalized spacial score (nSPS) is 11.8. The number of carbonyl (C=O) groups is 2. The Balaban J connectivity index is 1.47. The van der Waals surface area contributed by atoms with E-state index in [1.165, 1.54) is 0 Å². The number of amides is 2. The van der Waals surface area contributed by atoms with Crippen molar-refractivity contribution in [3.8, 4) is 0 Å². The minimum atomic E-state index is -0.156. The molecule has 3 aromatic rings. The minimum Gasteiger partial charge on any atom is -0.356 e. The molecule has 1 heterocycles. The second kappa shape index (κ2) is 9.65. The number of aromatic nitrogens is 1. The fraction of sp³-hybridized carbons (Fsp3) is 0.261. The Morgan fingerprint density at radius 2 is 1.79 bits per heavy atom. The van der Waals surface area contributed by atoms with Crippen molar-refractivity contribution in [1.82, 2.24) is 10.3 Å². The van der Waals surface area contributed by atoms with E-state index in [0.29, 0.717) is 25.1 Å². The molecule has 0 bridgehead atoms. The molecule has 2 amide bonds. The summed E-state index contributed by atoms with van der Waals surface area (Å²) in [6, 6.07) is 19.3. The molecule has 1 aromatic heterocycles. The van der Waals surface area contributed by atoms with Crippen molar-refractivity contribution < 1.29 is 9.59 Å². The average molecular weight is 375 g/mol. The Labute approximate surface area is 165 Å². The van der Waals surface area contributed by atoms with Crippen LogP contribution in [0.5, 0.6) is 0 Å². The van der Waals surface area contributed by atoms with Gasteiger partial charge in [-0.05, 0) is 30.5 Å². The van der Waals surface area contributed by atoms with Crippen molar-refractivity contribution in [2.75, 3.05) is 11.9 Å². The summed E-state index contributed by atoms with van der Waals surface area (Å²) in [7, 11) is 0. The molecule has 0 saturated carbocycles. The van der Waals surface area contributed by atoms with Crippen molar-refractivity contribution in [2.24, 2.45) is 0 Å². The lowest BCUT2D eigenvalue weighted by Gasteiger charge is -2.15. The fourth-order valence-corrected chi connectivity index (χ4v) is 3.26. The Morgan fingerprint density at radius 1 is 1.00 bits per heavy atom. The van der Waals surface area contributed by atoms with Gasteiger partial charge in [0.25, 0.3) is 0 Å². The van der Waals surface area contributed by atoms with Gasteiger partial charge in [-0.15, -0.1) is 0 Å². The standard InChI is InChI=1S/C23H25N3O2/c1-2-19(17-9-4-3-5-10-17)23(28)25-16-8-14-21(27)26-20-13-6-11-18-12-7-15-24-22(18)20/h3-7,9-13,15,19H,2,8,14,16H2,1H3,(H,25,28)(H,26,27)/t19-/m1/s1. The lowest BCUT2D eigenvalue weighted by atomic mass is 9.95. The van der Waals surface area contributed by atoms with Crippen LogP contribution < -0.4 is 10.6 Å². The first-order valence-corrected chi connectivity index (χ1v) is 9.65. The molecule has 0 radical (unpaired) electrons. The predicted octanol–water partition coefficient (Wildman–Crippen LogP) is 4.26. The van der Waals surface area contributed by atoms with Gasteiger partial charge in [0, 0.05) is 24.5 Å². The van der Waals surface area contributed by atoms with Crippen LogP contribution in [0.25, 0.3) is 10.9 Å². The van der Waals surface area contributed by atoms with Crippen LogP contribution in [0.1, 0.15) is 37.7 Å². The third-order valence-corrected chi connectivity index (χ3v) is 4.71. The molecule has 0 aliphatic heterocycles. The molecule has 2 N–H and O–H groups in total. The zero-order chi connectivity index (χ0) is 19.8. The van der Waals surface area contributed by atoms with Gasteiger partial charge in [0.2, 0.25) is 11.8 Å². The first-order valence-electron chi connectivity index (χ1n) is 9.65. The molecule has 28 heavy (non-hydrogen) atoms. The number of pyridine rings is 1. The van der Waals surface area contributed by atoms with Gasteiger partial charge in [0.05, 0.1) is 17.1 Å². The third kappa shape index (κ3) is 4.94. The van der Waals surface area contributed by atoms with Crippen molar-refractivity contribution in [1.29, 1.82) is 0 Å². The monoisotopic (exact) mass is 375 g/mol. The summed E-state index contributed by atoms with van der Waals surface area (Å²) in [5.74, 6) is -0.230. The molecule has 1 atom stereocenters. The molecule has 0 spiro atoms. The maximum absolute atomic E-state index is 12.4. The van der Waals surface area contributed by atoms with Crippen molar-refractivity contribution in [3.63, 3.8) is 0 Å². The van der Waals surface area contributed by atoms with Gasteiger partial charge in [-0.1, -0.05) is 55.5 Å². The molecule has 5 heteroatoms. The summed E-state index contributed by atoms with van der Waals surface area (Å²) >= 11 is 0. The van der Waals surface area contributed by atoms with Crippen LogP contribution in [-0.2, 0) is 9.59 Å². The van der Waals surface area contributed by atoms with Crippen molar-refractivity contribution >= 4 is 28.4 Å². The average Bonchev–Trinajstić information content (AvgIpc) is 2.73. The predicted molar refractivity (Wildman–Crippen MR) is 112 cm³/mol. The molecule has 0 unspecified atom stereocenters. The Kier molecular flexibility index (Phi) is 6.73. The highest BCUT2D eigenvalue weighted by molar-refractivity contribution is 6.00. The van der Waals surface area contributed by atoms with E-state index in [1.807, 2.05) is 67.6 Å². The summed E-state index contributed by atoms with van der Waals surface area (Å²) in [4.78, 5) is 29.0. The van der Waals surface area contributed by atoms with Crippen molar-refractivity contribution in [2.45, 2.75) is 32.1 Å². The summed E-state index contributed by atoms with van der Waals surface area (Å²) in [6.45, 7) is 2.48. The number of hydrogen-bond donors (Lipinski definition) is 2. The maximum Gasteiger partial charge on any atom is 0.227 e. The first-order chi connectivity index (χ1) is 13.7. The van der Waals surface area contributed by atoms with Crippen LogP contribution in [0.15, 0.2) is 66.9 Å². The summed E-state index contributed by atoms with van der Waals surface area (Å²) in [5, 5.41) is 6.85. The molecule has 144 valence electrons. The van der Waals surface area contributed by atoms with Gasteiger partial charge >= 0.3 is 0 Å². The van der Waals surface area contributed by atoms with Crippen LogP contribution in [0.3, 0.4) is 0 Å². The summed E-state index contributed by atoms with van der Waals surface area (Å²) in [5.41, 5.74) is 2.51. The molecular formula is C23H25N3O2. The van der Waals surface area contributed by atoms with Gasteiger partial charge in [-0.2, -0.15) is 0 Å². The smallest absolute Gasteiger partial charge is 0.227 e. The Hall–Kier alpha value is -3.21. The van der Waals surface area contributed by atoms with Crippen LogP contribution in [-0.4, -0.2) is 23.3 Å². The van der Waals surface area contributed by atoms with Gasteiger partial charge in [-0.25, -0.2) is 0 Å². The van der Waals surface area contributed by atoms with E-state index in [0.717, 1.165) is 22.9 Å². The molecule has 0 aliphatic rings. The number of hydrogen-bond acceptors (Lipinski definition) is 3. The lowest BCUT2D eigenvalue weighted by molar-refractivity contribution is -0.123. The number of anilines is 1. The first kappa shape index (κ1) is 19.5. The van der Waals surface area contributed by atoms with E-state index >= 15 is 0 Å². The zero-order valence-electron chi connectivity index (χ0n) is 16.0. The number of rotatable bonds is 8. The molecule has 3 rings (SSSR count). The molecule has 0 saturated heterocycles. The van der Waals surface area contributed by atoms with E-state index in [2.05, 4.69) is 15.6 Å². The van der Waals surface area contributed by atoms with E-state index in [-0.39, 0.29) is 17.7 Å². The molecule has 5 nitrogen and oxygen atoms in total. The second-order valence-corrected chi connectivity index (χ2v) is 6.69. The summed E-state index contributed by atoms with van der Waals surface area (Å²) in [6.07, 6.45) is 3.38. The van der Waals surface area contributed by atoms with Crippen molar-refractivity contribution in [3.05, 3.63) is 72.4 Å². The number of fused-ring (bicyclic) bond motifs is 1. The molecular weight excluding hydrogens is 350 g/mol. The van der Waals surface area contributed by atoms with E-state index in [4.69, 9.17) is 0 Å². The quantitative estimate of drug-likeness (QED) is 0.578. The number of para-hydroxylation sites is 1. The zero-order valence-corrected chi connectivity index (χ0v) is 16.0. The van der Waals surface area contributed by atoms with E-state index < -0.39 is 0 Å².